The molecule has 4 nitrogen and oxygen atoms in total. The van der Waals surface area contributed by atoms with Crippen LogP contribution in [-0.4, -0.2) is 19.9 Å². The number of para-hydroxylation sites is 3. The van der Waals surface area contributed by atoms with Gasteiger partial charge in [0, 0.05) is 36.4 Å². The predicted molar refractivity (Wildman–Crippen MR) is 123 cm³/mol. The lowest BCUT2D eigenvalue weighted by Gasteiger charge is -1.91. The number of aromatic nitrogens is 4. The minimum Gasteiger partial charge on any atom is -0.264 e. The Morgan fingerprint density at radius 2 is 0.900 bits per heavy atom. The summed E-state index contributed by atoms with van der Waals surface area (Å²) >= 11 is 0. The maximum Gasteiger partial charge on any atom is 0.0886 e. The highest BCUT2D eigenvalue weighted by Crippen LogP contribution is 2.10. The molecule has 30 heavy (non-hydrogen) atoms. The Labute approximate surface area is 174 Å². The van der Waals surface area contributed by atoms with Gasteiger partial charge in [0.15, 0.2) is 0 Å². The predicted octanol–water partition coefficient (Wildman–Crippen LogP) is 6.10. The highest BCUT2D eigenvalue weighted by molar-refractivity contribution is 5.81. The molecule has 6 aromatic rings. The summed E-state index contributed by atoms with van der Waals surface area (Å²) in [6, 6.07) is 30.1. The lowest BCUT2D eigenvalue weighted by atomic mass is 10.2. The molecular weight excluding hydrogens is 368 g/mol. The standard InChI is InChI=1S/2C9H7N.C8H6N2/c1-2-6-9-8(4-1)5-3-7-10-9;1-2-4-9-7-10-6-5-8(9)3-1;1-2-4-8-7(3-1)9-5-6-10-8/h2*1-7H;1-6H. The Bertz CT molecular complexity index is 999. The number of benzene rings is 3. The molecule has 0 aliphatic rings. The molecule has 0 aliphatic heterocycles. The fourth-order valence-electron chi connectivity index (χ4n) is 2.95. The van der Waals surface area contributed by atoms with E-state index in [0.717, 1.165) is 16.6 Å². The van der Waals surface area contributed by atoms with Crippen LogP contribution in [0, 0.1) is 0 Å². The molecule has 0 spiro atoms. The van der Waals surface area contributed by atoms with Crippen LogP contribution < -0.4 is 0 Å². The lowest BCUT2D eigenvalue weighted by molar-refractivity contribution is 1.29. The molecule has 0 N–H and O–H groups in total. The van der Waals surface area contributed by atoms with Gasteiger partial charge >= 0.3 is 0 Å². The van der Waals surface area contributed by atoms with Crippen LogP contribution in [0.4, 0.5) is 0 Å². The molecule has 3 aromatic heterocycles. The molecule has 4 heteroatoms. The van der Waals surface area contributed by atoms with Crippen LogP contribution in [0.25, 0.3) is 32.7 Å². The molecule has 0 bridgehead atoms. The molecule has 0 atom stereocenters. The van der Waals surface area contributed by atoms with Crippen LogP contribution in [0.1, 0.15) is 0 Å². The average Bonchev–Trinajstić information content (AvgIpc) is 2.85. The van der Waals surface area contributed by atoms with Crippen molar-refractivity contribution in [3.63, 3.8) is 0 Å². The van der Waals surface area contributed by atoms with Crippen LogP contribution in [0.2, 0.25) is 0 Å². The second-order valence-electron chi connectivity index (χ2n) is 6.46. The van der Waals surface area contributed by atoms with Gasteiger partial charge in [0.25, 0.3) is 0 Å². The molecule has 3 heterocycles. The normalized spacial score (nSPS) is 10.0. The topological polar surface area (TPSA) is 51.6 Å². The van der Waals surface area contributed by atoms with E-state index in [1.807, 2.05) is 85.3 Å². The molecule has 0 saturated heterocycles. The molecule has 0 amide bonds. The van der Waals surface area contributed by atoms with Crippen molar-refractivity contribution >= 4 is 32.7 Å². The van der Waals surface area contributed by atoms with Crippen molar-refractivity contribution in [3.8, 4) is 0 Å². The molecule has 0 saturated carbocycles. The van der Waals surface area contributed by atoms with Crippen molar-refractivity contribution in [2.75, 3.05) is 0 Å². The Morgan fingerprint density at radius 1 is 0.367 bits per heavy atom. The smallest absolute Gasteiger partial charge is 0.0886 e. The van der Waals surface area contributed by atoms with Crippen molar-refractivity contribution in [1.29, 1.82) is 0 Å². The first-order chi connectivity index (χ1) is 14.9. The Hall–Kier alpha value is -4.18. The average molecular weight is 388 g/mol. The fraction of sp³-hybridized carbons (Fsp3) is 0. The second kappa shape index (κ2) is 9.85. The Kier molecular flexibility index (Phi) is 6.28. The zero-order valence-electron chi connectivity index (χ0n) is 16.3. The first-order valence-corrected chi connectivity index (χ1v) is 9.64. The van der Waals surface area contributed by atoms with Crippen LogP contribution in [0.5, 0.6) is 0 Å². The summed E-state index contributed by atoms with van der Waals surface area (Å²) in [4.78, 5) is 16.4. The van der Waals surface area contributed by atoms with E-state index in [0.29, 0.717) is 0 Å². The third-order valence-electron chi connectivity index (χ3n) is 4.44. The zero-order valence-corrected chi connectivity index (χ0v) is 16.3. The van der Waals surface area contributed by atoms with Crippen LogP contribution in [0.3, 0.4) is 0 Å². The number of hydrogen-bond donors (Lipinski definition) is 0. The quantitative estimate of drug-likeness (QED) is 0.315. The van der Waals surface area contributed by atoms with Crippen LogP contribution in [0.15, 0.2) is 122 Å². The van der Waals surface area contributed by atoms with Gasteiger partial charge in [0.1, 0.15) is 0 Å². The number of fused-ring (bicyclic) bond motifs is 3. The van der Waals surface area contributed by atoms with Crippen molar-refractivity contribution in [1.82, 2.24) is 19.9 Å². The molecular formula is C26H20N4. The van der Waals surface area contributed by atoms with Gasteiger partial charge in [-0.3, -0.25) is 19.9 Å². The van der Waals surface area contributed by atoms with Crippen LogP contribution in [-0.2, 0) is 0 Å². The second-order valence-corrected chi connectivity index (χ2v) is 6.46. The molecule has 0 aliphatic carbocycles. The fourth-order valence-corrected chi connectivity index (χ4v) is 2.95. The highest BCUT2D eigenvalue weighted by Gasteiger charge is 1.89. The van der Waals surface area contributed by atoms with Gasteiger partial charge in [0.2, 0.25) is 0 Å². The molecule has 0 fully saturated rings. The van der Waals surface area contributed by atoms with Crippen molar-refractivity contribution in [2.24, 2.45) is 0 Å². The first-order valence-electron chi connectivity index (χ1n) is 9.64. The Morgan fingerprint density at radius 3 is 1.57 bits per heavy atom. The number of rotatable bonds is 0. The molecule has 0 unspecified atom stereocenters. The van der Waals surface area contributed by atoms with E-state index in [-0.39, 0.29) is 0 Å². The van der Waals surface area contributed by atoms with E-state index in [1.54, 1.807) is 12.4 Å². The molecule has 144 valence electrons. The number of pyridine rings is 2. The van der Waals surface area contributed by atoms with Gasteiger partial charge in [0.05, 0.1) is 16.6 Å². The number of hydrogen-bond acceptors (Lipinski definition) is 4. The minimum atomic E-state index is 0.949. The molecule has 0 radical (unpaired) electrons. The van der Waals surface area contributed by atoms with Gasteiger partial charge in [-0.2, -0.15) is 0 Å². The Balaban J connectivity index is 0.000000109. The summed E-state index contributed by atoms with van der Waals surface area (Å²) in [5.74, 6) is 0. The van der Waals surface area contributed by atoms with Gasteiger partial charge in [-0.25, -0.2) is 0 Å². The van der Waals surface area contributed by atoms with Gasteiger partial charge in [-0.1, -0.05) is 60.7 Å². The SMILES string of the molecule is c1ccc2cnccc2c1.c1ccc2ncccc2c1.c1ccc2nccnc2c1. The van der Waals surface area contributed by atoms with E-state index >= 15 is 0 Å². The van der Waals surface area contributed by atoms with E-state index in [1.165, 1.54) is 16.2 Å². The van der Waals surface area contributed by atoms with Gasteiger partial charge < -0.3 is 0 Å². The lowest BCUT2D eigenvalue weighted by Crippen LogP contribution is -1.78. The summed E-state index contributed by atoms with van der Waals surface area (Å²) in [5.41, 5.74) is 2.96. The zero-order chi connectivity index (χ0) is 20.4. The van der Waals surface area contributed by atoms with Crippen molar-refractivity contribution < 1.29 is 0 Å². The maximum atomic E-state index is 4.18. The van der Waals surface area contributed by atoms with E-state index in [2.05, 4.69) is 44.2 Å². The number of nitrogens with zero attached hydrogens (tertiary/aromatic N) is 4. The highest BCUT2D eigenvalue weighted by atomic mass is 14.8. The monoisotopic (exact) mass is 388 g/mol. The van der Waals surface area contributed by atoms with Crippen molar-refractivity contribution in [3.05, 3.63) is 122 Å². The largest absolute Gasteiger partial charge is 0.264 e. The first kappa shape index (κ1) is 19.2. The van der Waals surface area contributed by atoms with Gasteiger partial charge in [-0.05, 0) is 41.1 Å². The summed E-state index contributed by atoms with van der Waals surface area (Å²) in [5, 5.41) is 3.65. The molecule has 6 rings (SSSR count). The summed E-state index contributed by atoms with van der Waals surface area (Å²) < 4.78 is 0. The third kappa shape index (κ3) is 5.00. The summed E-state index contributed by atoms with van der Waals surface area (Å²) in [6.07, 6.45) is 8.88. The molecule has 3 aromatic carbocycles. The van der Waals surface area contributed by atoms with Crippen molar-refractivity contribution in [2.45, 2.75) is 0 Å². The van der Waals surface area contributed by atoms with Crippen LogP contribution >= 0.6 is 0 Å². The van der Waals surface area contributed by atoms with E-state index in [9.17, 15) is 0 Å². The summed E-state index contributed by atoms with van der Waals surface area (Å²) in [6.45, 7) is 0. The summed E-state index contributed by atoms with van der Waals surface area (Å²) in [7, 11) is 0. The van der Waals surface area contributed by atoms with E-state index in [4.69, 9.17) is 0 Å². The minimum absolute atomic E-state index is 0.949. The maximum absolute atomic E-state index is 4.18. The third-order valence-corrected chi connectivity index (χ3v) is 4.44. The van der Waals surface area contributed by atoms with Gasteiger partial charge in [-0.15, -0.1) is 0 Å². The van der Waals surface area contributed by atoms with E-state index < -0.39 is 0 Å².